The number of hydrogen-bond acceptors (Lipinski definition) is 1. The summed E-state index contributed by atoms with van der Waals surface area (Å²) in [6.45, 7) is 0. The van der Waals surface area contributed by atoms with Gasteiger partial charge in [-0.1, -0.05) is 24.3 Å². The van der Waals surface area contributed by atoms with Gasteiger partial charge in [0.1, 0.15) is 5.76 Å². The van der Waals surface area contributed by atoms with Crippen molar-refractivity contribution < 1.29 is 25.2 Å². The van der Waals surface area contributed by atoms with Crippen LogP contribution in [0.4, 0.5) is 0 Å². The molecule has 1 radical (unpaired) electrons. The smallest absolute Gasteiger partial charge is 0.119 e. The maximum absolute atomic E-state index is 9.42. The Kier molecular flexibility index (Phi) is 3.07. The van der Waals surface area contributed by atoms with E-state index in [0.717, 1.165) is 18.4 Å². The Morgan fingerprint density at radius 1 is 1.17 bits per heavy atom. The van der Waals surface area contributed by atoms with Crippen LogP contribution in [0.3, 0.4) is 0 Å². The second kappa shape index (κ2) is 3.88. The third-order valence-electron chi connectivity index (χ3n) is 2.04. The number of hydrogen-bond donors (Lipinski definition) is 1. The molecular formula is C10H10IrO. The van der Waals surface area contributed by atoms with Crippen LogP contribution in [0.1, 0.15) is 17.5 Å². The largest absolute Gasteiger partial charge is 0.508 e. The maximum atomic E-state index is 9.42. The zero-order valence-electron chi connectivity index (χ0n) is 6.58. The monoisotopic (exact) mass is 339 g/mol. The number of benzene rings is 1. The van der Waals surface area contributed by atoms with E-state index in [0.29, 0.717) is 5.76 Å². The summed E-state index contributed by atoms with van der Waals surface area (Å²) in [6, 6.07) is 7.99. The first-order chi connectivity index (χ1) is 5.38. The molecule has 0 saturated carbocycles. The van der Waals surface area contributed by atoms with Crippen molar-refractivity contribution >= 4 is 5.76 Å². The van der Waals surface area contributed by atoms with Gasteiger partial charge in [0.15, 0.2) is 0 Å². The van der Waals surface area contributed by atoms with Gasteiger partial charge in [0.2, 0.25) is 0 Å². The van der Waals surface area contributed by atoms with Gasteiger partial charge < -0.3 is 5.11 Å². The van der Waals surface area contributed by atoms with E-state index in [1.54, 1.807) is 0 Å². The molecule has 1 aromatic rings. The number of aryl methyl sites for hydroxylation is 1. The van der Waals surface area contributed by atoms with Gasteiger partial charge in [0.05, 0.1) is 0 Å². The SMILES string of the molecule is OC1=CCCc2ccccc21.[Ir]. The molecule has 0 atom stereocenters. The van der Waals surface area contributed by atoms with Crippen LogP contribution >= 0.6 is 0 Å². The molecule has 0 aromatic heterocycles. The third kappa shape index (κ3) is 1.60. The average molecular weight is 338 g/mol. The molecule has 12 heavy (non-hydrogen) atoms. The molecule has 0 unspecified atom stereocenters. The standard InChI is InChI=1S/C10H10O.Ir/c11-10-7-3-5-8-4-1-2-6-9(8)10;/h1-2,4,6-7,11H,3,5H2;. The van der Waals surface area contributed by atoms with Crippen molar-refractivity contribution in [1.29, 1.82) is 0 Å². The normalized spacial score (nSPS) is 14.2. The van der Waals surface area contributed by atoms with Gasteiger partial charge in [-0.25, -0.2) is 0 Å². The fraction of sp³-hybridized carbons (Fsp3) is 0.200. The van der Waals surface area contributed by atoms with Crippen LogP contribution in [0.25, 0.3) is 5.76 Å². The molecular weight excluding hydrogens is 328 g/mol. The summed E-state index contributed by atoms with van der Waals surface area (Å²) >= 11 is 0. The van der Waals surface area contributed by atoms with Gasteiger partial charge in [-0.15, -0.1) is 0 Å². The minimum absolute atomic E-state index is 0. The average Bonchev–Trinajstić information content (AvgIpc) is 2.06. The molecule has 1 N–H and O–H groups in total. The Morgan fingerprint density at radius 3 is 2.67 bits per heavy atom. The van der Waals surface area contributed by atoms with Crippen molar-refractivity contribution in [2.45, 2.75) is 12.8 Å². The van der Waals surface area contributed by atoms with Crippen LogP contribution in [0.5, 0.6) is 0 Å². The van der Waals surface area contributed by atoms with E-state index in [2.05, 4.69) is 6.07 Å². The molecule has 2 rings (SSSR count). The zero-order valence-corrected chi connectivity index (χ0v) is 8.98. The summed E-state index contributed by atoms with van der Waals surface area (Å²) in [4.78, 5) is 0. The summed E-state index contributed by atoms with van der Waals surface area (Å²) in [5, 5.41) is 9.42. The predicted octanol–water partition coefficient (Wildman–Crippen LogP) is 2.53. The minimum Gasteiger partial charge on any atom is -0.508 e. The Balaban J connectivity index is 0.000000720. The van der Waals surface area contributed by atoms with Crippen molar-refractivity contribution in [3.05, 3.63) is 41.5 Å². The summed E-state index contributed by atoms with van der Waals surface area (Å²) < 4.78 is 0. The first-order valence-corrected chi connectivity index (χ1v) is 3.85. The molecule has 0 spiro atoms. The van der Waals surface area contributed by atoms with Crippen molar-refractivity contribution in [3.8, 4) is 0 Å². The van der Waals surface area contributed by atoms with Gasteiger partial charge in [0.25, 0.3) is 0 Å². The molecule has 1 aromatic carbocycles. The van der Waals surface area contributed by atoms with Crippen molar-refractivity contribution in [2.75, 3.05) is 0 Å². The van der Waals surface area contributed by atoms with Crippen LogP contribution < -0.4 is 0 Å². The Labute approximate surface area is 85.5 Å². The Hall–Kier alpha value is -0.591. The van der Waals surface area contributed by atoms with Crippen LogP contribution in [0.2, 0.25) is 0 Å². The zero-order chi connectivity index (χ0) is 7.68. The number of fused-ring (bicyclic) bond motifs is 1. The van der Waals surface area contributed by atoms with E-state index in [4.69, 9.17) is 0 Å². The van der Waals surface area contributed by atoms with Crippen molar-refractivity contribution in [2.24, 2.45) is 0 Å². The molecule has 1 aliphatic rings. The fourth-order valence-electron chi connectivity index (χ4n) is 1.46. The van der Waals surface area contributed by atoms with E-state index in [9.17, 15) is 5.11 Å². The van der Waals surface area contributed by atoms with Crippen LogP contribution in [0, 0.1) is 0 Å². The van der Waals surface area contributed by atoms with E-state index in [-0.39, 0.29) is 20.1 Å². The van der Waals surface area contributed by atoms with Crippen molar-refractivity contribution in [3.63, 3.8) is 0 Å². The van der Waals surface area contributed by atoms with E-state index >= 15 is 0 Å². The molecule has 0 saturated heterocycles. The third-order valence-corrected chi connectivity index (χ3v) is 2.04. The van der Waals surface area contributed by atoms with Gasteiger partial charge in [-0.2, -0.15) is 0 Å². The van der Waals surface area contributed by atoms with Crippen molar-refractivity contribution in [1.82, 2.24) is 0 Å². The molecule has 2 heteroatoms. The van der Waals surface area contributed by atoms with Gasteiger partial charge in [-0.3, -0.25) is 0 Å². The second-order valence-corrected chi connectivity index (χ2v) is 2.79. The summed E-state index contributed by atoms with van der Waals surface area (Å²) in [7, 11) is 0. The first-order valence-electron chi connectivity index (χ1n) is 3.85. The van der Waals surface area contributed by atoms with E-state index < -0.39 is 0 Å². The molecule has 0 heterocycles. The summed E-state index contributed by atoms with van der Waals surface area (Å²) in [5.74, 6) is 0.437. The molecule has 1 aliphatic carbocycles. The fourth-order valence-corrected chi connectivity index (χ4v) is 1.46. The van der Waals surface area contributed by atoms with E-state index in [1.165, 1.54) is 5.56 Å². The molecule has 0 amide bonds. The van der Waals surface area contributed by atoms with Crippen LogP contribution in [-0.2, 0) is 26.5 Å². The summed E-state index contributed by atoms with van der Waals surface area (Å²) in [5.41, 5.74) is 2.26. The topological polar surface area (TPSA) is 20.2 Å². The Morgan fingerprint density at radius 2 is 1.92 bits per heavy atom. The first kappa shape index (κ1) is 9.50. The predicted molar refractivity (Wildman–Crippen MR) is 45.4 cm³/mol. The quantitative estimate of drug-likeness (QED) is 0.771. The summed E-state index contributed by atoms with van der Waals surface area (Å²) in [6.07, 6.45) is 3.89. The number of allylic oxidation sites excluding steroid dienone is 1. The van der Waals surface area contributed by atoms with Gasteiger partial charge in [0, 0.05) is 25.7 Å². The molecule has 0 bridgehead atoms. The minimum atomic E-state index is 0. The Bertz CT molecular complexity index is 304. The maximum Gasteiger partial charge on any atom is 0.119 e. The second-order valence-electron chi connectivity index (χ2n) is 2.79. The number of aliphatic hydroxyl groups excluding tert-OH is 1. The van der Waals surface area contributed by atoms with Gasteiger partial charge >= 0.3 is 0 Å². The van der Waals surface area contributed by atoms with Gasteiger partial charge in [-0.05, 0) is 24.5 Å². The molecule has 1 nitrogen and oxygen atoms in total. The number of rotatable bonds is 0. The molecule has 65 valence electrons. The van der Waals surface area contributed by atoms with Crippen LogP contribution in [-0.4, -0.2) is 5.11 Å². The number of aliphatic hydroxyl groups is 1. The van der Waals surface area contributed by atoms with Crippen LogP contribution in [0.15, 0.2) is 30.3 Å². The molecule has 0 fully saturated rings. The molecule has 0 aliphatic heterocycles. The van der Waals surface area contributed by atoms with E-state index in [1.807, 2.05) is 24.3 Å².